The molecule has 1 saturated heterocycles. The van der Waals surface area contributed by atoms with Crippen molar-refractivity contribution in [2.24, 2.45) is 0 Å². The van der Waals surface area contributed by atoms with Crippen LogP contribution in [0, 0.1) is 5.82 Å². The minimum Gasteiger partial charge on any atom is -0.497 e. The van der Waals surface area contributed by atoms with Crippen molar-refractivity contribution in [3.05, 3.63) is 90.4 Å². The van der Waals surface area contributed by atoms with Crippen molar-refractivity contribution in [3.8, 4) is 28.4 Å². The van der Waals surface area contributed by atoms with Gasteiger partial charge in [0, 0.05) is 36.2 Å². The highest BCUT2D eigenvalue weighted by atomic mass is 19.1. The number of ether oxygens (including phenoxy) is 3. The maximum Gasteiger partial charge on any atom is 0.254 e. The van der Waals surface area contributed by atoms with Crippen LogP contribution in [0.1, 0.15) is 23.2 Å². The quantitative estimate of drug-likeness (QED) is 0.296. The van der Waals surface area contributed by atoms with Crippen molar-refractivity contribution >= 4 is 17.8 Å². The molecule has 0 bridgehead atoms. The van der Waals surface area contributed by atoms with E-state index in [0.29, 0.717) is 35.1 Å². The molecule has 41 heavy (non-hydrogen) atoms. The topological polar surface area (TPSA) is 94.9 Å². The van der Waals surface area contributed by atoms with Gasteiger partial charge in [0.25, 0.3) is 5.91 Å². The first-order chi connectivity index (χ1) is 19.9. The molecule has 9 nitrogen and oxygen atoms in total. The molecule has 1 aliphatic heterocycles. The third-order valence-corrected chi connectivity index (χ3v) is 6.85. The van der Waals surface area contributed by atoms with Gasteiger partial charge in [-0.1, -0.05) is 0 Å². The number of rotatable bonds is 10. The zero-order valence-corrected chi connectivity index (χ0v) is 22.9. The number of methoxy groups -OCH3 is 2. The van der Waals surface area contributed by atoms with Crippen LogP contribution in [-0.2, 0) is 9.53 Å². The molecular formula is C31H31FN4O5. The van der Waals surface area contributed by atoms with Crippen molar-refractivity contribution < 1.29 is 28.2 Å². The summed E-state index contributed by atoms with van der Waals surface area (Å²) in [6, 6.07) is 20.0. The van der Waals surface area contributed by atoms with Gasteiger partial charge >= 0.3 is 0 Å². The van der Waals surface area contributed by atoms with Crippen molar-refractivity contribution in [2.75, 3.05) is 39.2 Å². The molecule has 212 valence electrons. The molecule has 2 heterocycles. The highest BCUT2D eigenvalue weighted by Crippen LogP contribution is 2.26. The lowest BCUT2D eigenvalue weighted by Gasteiger charge is -2.25. The Balaban J connectivity index is 1.40. The second-order valence-corrected chi connectivity index (χ2v) is 9.62. The molecule has 4 aromatic rings. The van der Waals surface area contributed by atoms with E-state index in [1.54, 1.807) is 61.4 Å². The van der Waals surface area contributed by atoms with Crippen LogP contribution in [-0.4, -0.2) is 66.3 Å². The summed E-state index contributed by atoms with van der Waals surface area (Å²) >= 11 is 0. The van der Waals surface area contributed by atoms with Crippen LogP contribution >= 0.6 is 0 Å². The van der Waals surface area contributed by atoms with Crippen LogP contribution in [0.4, 0.5) is 10.3 Å². The number of nitrogens with zero attached hydrogens (tertiary/aromatic N) is 3. The second-order valence-electron chi connectivity index (χ2n) is 9.62. The van der Waals surface area contributed by atoms with E-state index in [1.165, 1.54) is 17.0 Å². The Labute approximate surface area is 237 Å². The maximum absolute atomic E-state index is 13.7. The van der Waals surface area contributed by atoms with Crippen molar-refractivity contribution in [1.82, 2.24) is 14.5 Å². The number of imidazole rings is 1. The molecule has 3 aromatic carbocycles. The van der Waals surface area contributed by atoms with Gasteiger partial charge in [-0.05, 0) is 85.6 Å². The average molecular weight is 559 g/mol. The van der Waals surface area contributed by atoms with Crippen molar-refractivity contribution in [2.45, 2.75) is 18.9 Å². The average Bonchev–Trinajstić information content (AvgIpc) is 3.67. The van der Waals surface area contributed by atoms with E-state index in [0.717, 1.165) is 18.4 Å². The summed E-state index contributed by atoms with van der Waals surface area (Å²) in [5.74, 6) is 0.468. The van der Waals surface area contributed by atoms with Gasteiger partial charge in [0.05, 0.1) is 26.0 Å². The Bertz CT molecular complexity index is 1480. The van der Waals surface area contributed by atoms with Crippen LogP contribution in [0.5, 0.6) is 11.5 Å². The molecular weight excluding hydrogens is 527 g/mol. The molecule has 0 aliphatic carbocycles. The van der Waals surface area contributed by atoms with Crippen LogP contribution < -0.4 is 14.8 Å². The molecule has 0 radical (unpaired) electrons. The first kappa shape index (κ1) is 27.9. The Morgan fingerprint density at radius 2 is 1.66 bits per heavy atom. The lowest BCUT2D eigenvalue weighted by Crippen LogP contribution is -2.42. The SMILES string of the molecule is COc1ccc(C(=O)N(CC(=O)Nc2nc(-c3ccc(OC)cc3)cn2-c2ccc(F)cc2)CC2CCCO2)cc1. The summed E-state index contributed by atoms with van der Waals surface area (Å²) in [6.07, 6.45) is 3.34. The van der Waals surface area contributed by atoms with E-state index >= 15 is 0 Å². The predicted molar refractivity (Wildman–Crippen MR) is 152 cm³/mol. The standard InChI is InChI=1S/C31H31FN4O5/c1-39-25-13-5-21(6-14-25)28-19-36(24-11-9-23(32)10-12-24)31(33-28)34-29(37)20-35(18-27-4-3-17-41-27)30(38)22-7-15-26(40-2)16-8-22/h5-16,19,27H,3-4,17-18,20H2,1-2H3,(H,33,34,37). The number of hydrogen-bond acceptors (Lipinski definition) is 6. The Hall–Kier alpha value is -4.70. The fourth-order valence-corrected chi connectivity index (χ4v) is 4.67. The highest BCUT2D eigenvalue weighted by molar-refractivity contribution is 5.99. The van der Waals surface area contributed by atoms with Gasteiger partial charge in [0.15, 0.2) is 0 Å². The van der Waals surface area contributed by atoms with Gasteiger partial charge in [0.2, 0.25) is 11.9 Å². The van der Waals surface area contributed by atoms with Crippen molar-refractivity contribution in [1.29, 1.82) is 0 Å². The summed E-state index contributed by atoms with van der Waals surface area (Å²) in [5.41, 5.74) is 2.44. The van der Waals surface area contributed by atoms with Gasteiger partial charge in [-0.25, -0.2) is 9.37 Å². The number of carbonyl (C=O) groups excluding carboxylic acids is 2. The van der Waals surface area contributed by atoms with E-state index in [-0.39, 0.29) is 36.9 Å². The number of nitrogens with one attached hydrogen (secondary N) is 1. The minimum absolute atomic E-state index is 0.145. The molecule has 2 amide bonds. The monoisotopic (exact) mass is 558 g/mol. The first-order valence-corrected chi connectivity index (χ1v) is 13.3. The molecule has 1 aromatic heterocycles. The summed E-state index contributed by atoms with van der Waals surface area (Å²) < 4.78 is 31.5. The van der Waals surface area contributed by atoms with E-state index in [2.05, 4.69) is 10.3 Å². The van der Waals surface area contributed by atoms with E-state index in [9.17, 15) is 14.0 Å². The Kier molecular flexibility index (Phi) is 8.59. The Morgan fingerprint density at radius 1 is 1.00 bits per heavy atom. The molecule has 5 rings (SSSR count). The lowest BCUT2D eigenvalue weighted by molar-refractivity contribution is -0.117. The fraction of sp³-hybridized carbons (Fsp3) is 0.258. The van der Waals surface area contributed by atoms with Gasteiger partial charge < -0.3 is 19.1 Å². The number of aromatic nitrogens is 2. The molecule has 1 atom stereocenters. The molecule has 10 heteroatoms. The maximum atomic E-state index is 13.7. The van der Waals surface area contributed by atoms with Gasteiger partial charge in [-0.2, -0.15) is 0 Å². The molecule has 1 unspecified atom stereocenters. The number of anilines is 1. The third kappa shape index (κ3) is 6.72. The third-order valence-electron chi connectivity index (χ3n) is 6.85. The number of hydrogen-bond donors (Lipinski definition) is 1. The molecule has 0 saturated carbocycles. The smallest absolute Gasteiger partial charge is 0.254 e. The fourth-order valence-electron chi connectivity index (χ4n) is 4.67. The largest absolute Gasteiger partial charge is 0.497 e. The van der Waals surface area contributed by atoms with Crippen LogP contribution in [0.15, 0.2) is 79.0 Å². The minimum atomic E-state index is -0.430. The van der Waals surface area contributed by atoms with Gasteiger partial charge in [-0.15, -0.1) is 0 Å². The Morgan fingerprint density at radius 3 is 2.27 bits per heavy atom. The first-order valence-electron chi connectivity index (χ1n) is 13.3. The summed E-state index contributed by atoms with van der Waals surface area (Å²) in [4.78, 5) is 33.0. The predicted octanol–water partition coefficient (Wildman–Crippen LogP) is 4.96. The lowest BCUT2D eigenvalue weighted by atomic mass is 10.1. The van der Waals surface area contributed by atoms with E-state index < -0.39 is 5.91 Å². The summed E-state index contributed by atoms with van der Waals surface area (Å²) in [7, 11) is 3.15. The van der Waals surface area contributed by atoms with Gasteiger partial charge in [-0.3, -0.25) is 19.5 Å². The molecule has 1 fully saturated rings. The van der Waals surface area contributed by atoms with Crippen LogP contribution in [0.3, 0.4) is 0 Å². The second kappa shape index (κ2) is 12.6. The highest BCUT2D eigenvalue weighted by Gasteiger charge is 2.26. The van der Waals surface area contributed by atoms with Crippen LogP contribution in [0.25, 0.3) is 16.9 Å². The zero-order valence-electron chi connectivity index (χ0n) is 22.9. The number of amides is 2. The van der Waals surface area contributed by atoms with E-state index in [4.69, 9.17) is 14.2 Å². The van der Waals surface area contributed by atoms with Gasteiger partial charge in [0.1, 0.15) is 23.9 Å². The number of benzene rings is 3. The zero-order chi connectivity index (χ0) is 28.8. The van der Waals surface area contributed by atoms with E-state index in [1.807, 2.05) is 24.3 Å². The number of carbonyl (C=O) groups is 2. The van der Waals surface area contributed by atoms with Crippen molar-refractivity contribution in [3.63, 3.8) is 0 Å². The van der Waals surface area contributed by atoms with Crippen LogP contribution in [0.2, 0.25) is 0 Å². The molecule has 0 spiro atoms. The number of halogens is 1. The molecule has 1 N–H and O–H groups in total. The normalized spacial score (nSPS) is 14.5. The molecule has 1 aliphatic rings. The summed E-state index contributed by atoms with van der Waals surface area (Å²) in [6.45, 7) is 0.700. The summed E-state index contributed by atoms with van der Waals surface area (Å²) in [5, 5.41) is 2.86.